The molecule has 0 radical (unpaired) electrons. The fourth-order valence-corrected chi connectivity index (χ4v) is 1.99. The van der Waals surface area contributed by atoms with Gasteiger partial charge in [0.2, 0.25) is 0 Å². The second-order valence-electron chi connectivity index (χ2n) is 3.54. The highest BCUT2D eigenvalue weighted by Crippen LogP contribution is 2.31. The molecule has 0 atom stereocenters. The first-order valence-corrected chi connectivity index (χ1v) is 5.08. The SMILES string of the molecule is CCC=C(C(=O)OC)C1CCCC1. The number of esters is 1. The Morgan fingerprint density at radius 3 is 2.54 bits per heavy atom. The summed E-state index contributed by atoms with van der Waals surface area (Å²) in [6, 6.07) is 0. The Morgan fingerprint density at radius 2 is 2.08 bits per heavy atom. The zero-order valence-electron chi connectivity index (χ0n) is 8.51. The third-order valence-electron chi connectivity index (χ3n) is 2.64. The molecule has 1 rings (SSSR count). The number of carbonyl (C=O) groups excluding carboxylic acids is 1. The van der Waals surface area contributed by atoms with Gasteiger partial charge < -0.3 is 4.74 Å². The number of hydrogen-bond acceptors (Lipinski definition) is 2. The monoisotopic (exact) mass is 182 g/mol. The first kappa shape index (κ1) is 10.3. The Labute approximate surface area is 80.0 Å². The van der Waals surface area contributed by atoms with E-state index in [0.29, 0.717) is 5.92 Å². The third-order valence-corrected chi connectivity index (χ3v) is 2.64. The van der Waals surface area contributed by atoms with Crippen molar-refractivity contribution < 1.29 is 9.53 Å². The van der Waals surface area contributed by atoms with E-state index in [4.69, 9.17) is 4.74 Å². The van der Waals surface area contributed by atoms with Crippen LogP contribution in [0.15, 0.2) is 11.6 Å². The van der Waals surface area contributed by atoms with Crippen molar-refractivity contribution in [3.63, 3.8) is 0 Å². The fraction of sp³-hybridized carbons (Fsp3) is 0.727. The van der Waals surface area contributed by atoms with Crippen LogP contribution in [0, 0.1) is 5.92 Å². The van der Waals surface area contributed by atoms with E-state index in [1.165, 1.54) is 20.0 Å². The molecule has 0 bridgehead atoms. The molecular formula is C11H18O2. The highest BCUT2D eigenvalue weighted by molar-refractivity contribution is 5.88. The van der Waals surface area contributed by atoms with Crippen molar-refractivity contribution in [1.29, 1.82) is 0 Å². The highest BCUT2D eigenvalue weighted by atomic mass is 16.5. The zero-order chi connectivity index (χ0) is 9.68. The standard InChI is InChI=1S/C11H18O2/c1-3-6-10(11(12)13-2)9-7-4-5-8-9/h6,9H,3-5,7-8H2,1-2H3. The Kier molecular flexibility index (Phi) is 4.00. The van der Waals surface area contributed by atoms with E-state index in [-0.39, 0.29) is 5.97 Å². The number of methoxy groups -OCH3 is 1. The largest absolute Gasteiger partial charge is 0.466 e. The lowest BCUT2D eigenvalue weighted by molar-refractivity contribution is -0.136. The summed E-state index contributed by atoms with van der Waals surface area (Å²) in [5.74, 6) is 0.334. The Morgan fingerprint density at radius 1 is 1.46 bits per heavy atom. The summed E-state index contributed by atoms with van der Waals surface area (Å²) in [5, 5.41) is 0. The van der Waals surface area contributed by atoms with Gasteiger partial charge in [-0.25, -0.2) is 4.79 Å². The zero-order valence-corrected chi connectivity index (χ0v) is 8.51. The normalized spacial score (nSPS) is 19.1. The van der Waals surface area contributed by atoms with Crippen molar-refractivity contribution in [2.24, 2.45) is 5.92 Å². The van der Waals surface area contributed by atoms with E-state index < -0.39 is 0 Å². The van der Waals surface area contributed by atoms with Gasteiger partial charge >= 0.3 is 5.97 Å². The van der Waals surface area contributed by atoms with Gasteiger partial charge in [0.05, 0.1) is 7.11 Å². The Balaban J connectivity index is 2.66. The minimum Gasteiger partial charge on any atom is -0.466 e. The van der Waals surface area contributed by atoms with Crippen LogP contribution in [0.4, 0.5) is 0 Å². The predicted octanol–water partition coefficient (Wildman–Crippen LogP) is 2.69. The molecule has 1 fully saturated rings. The Hall–Kier alpha value is -0.790. The molecule has 1 aliphatic carbocycles. The molecule has 0 amide bonds. The maximum Gasteiger partial charge on any atom is 0.333 e. The van der Waals surface area contributed by atoms with E-state index in [0.717, 1.165) is 24.8 Å². The van der Waals surface area contributed by atoms with Gasteiger partial charge in [0.25, 0.3) is 0 Å². The molecule has 1 saturated carbocycles. The highest BCUT2D eigenvalue weighted by Gasteiger charge is 2.24. The van der Waals surface area contributed by atoms with Crippen molar-refractivity contribution in [3.8, 4) is 0 Å². The van der Waals surface area contributed by atoms with Gasteiger partial charge in [0, 0.05) is 5.57 Å². The van der Waals surface area contributed by atoms with Crippen LogP contribution in [0.3, 0.4) is 0 Å². The lowest BCUT2D eigenvalue weighted by Crippen LogP contribution is -2.12. The summed E-state index contributed by atoms with van der Waals surface area (Å²) < 4.78 is 4.77. The van der Waals surface area contributed by atoms with Gasteiger partial charge in [-0.3, -0.25) is 0 Å². The number of carbonyl (C=O) groups is 1. The van der Waals surface area contributed by atoms with Crippen molar-refractivity contribution in [3.05, 3.63) is 11.6 Å². The number of hydrogen-bond donors (Lipinski definition) is 0. The molecule has 1 aliphatic rings. The van der Waals surface area contributed by atoms with Crippen LogP contribution < -0.4 is 0 Å². The van der Waals surface area contributed by atoms with Gasteiger partial charge in [-0.15, -0.1) is 0 Å². The molecule has 0 saturated heterocycles. The lowest BCUT2D eigenvalue weighted by atomic mass is 9.96. The minimum absolute atomic E-state index is 0.131. The number of rotatable bonds is 3. The summed E-state index contributed by atoms with van der Waals surface area (Å²) in [7, 11) is 1.46. The second-order valence-corrected chi connectivity index (χ2v) is 3.54. The third kappa shape index (κ3) is 2.58. The summed E-state index contributed by atoms with van der Waals surface area (Å²) >= 11 is 0. The molecule has 74 valence electrons. The number of ether oxygens (including phenoxy) is 1. The smallest absolute Gasteiger partial charge is 0.333 e. The molecule has 2 nitrogen and oxygen atoms in total. The van der Waals surface area contributed by atoms with E-state index in [9.17, 15) is 4.79 Å². The van der Waals surface area contributed by atoms with E-state index in [1.807, 2.05) is 6.08 Å². The first-order chi connectivity index (χ1) is 6.29. The van der Waals surface area contributed by atoms with Crippen LogP contribution in [0.25, 0.3) is 0 Å². The topological polar surface area (TPSA) is 26.3 Å². The van der Waals surface area contributed by atoms with Gasteiger partial charge in [-0.2, -0.15) is 0 Å². The minimum atomic E-state index is -0.131. The van der Waals surface area contributed by atoms with Gasteiger partial charge in [-0.1, -0.05) is 25.8 Å². The first-order valence-electron chi connectivity index (χ1n) is 5.08. The van der Waals surface area contributed by atoms with E-state index in [2.05, 4.69) is 6.92 Å². The maximum atomic E-state index is 11.4. The Bertz CT molecular complexity index is 200. The molecule has 0 aromatic rings. The molecule has 0 spiro atoms. The summed E-state index contributed by atoms with van der Waals surface area (Å²) in [6.07, 6.45) is 7.75. The number of allylic oxidation sites excluding steroid dienone is 1. The van der Waals surface area contributed by atoms with Crippen LogP contribution >= 0.6 is 0 Å². The van der Waals surface area contributed by atoms with Gasteiger partial charge in [0.15, 0.2) is 0 Å². The second kappa shape index (κ2) is 5.05. The molecule has 0 aromatic heterocycles. The van der Waals surface area contributed by atoms with Gasteiger partial charge in [-0.05, 0) is 25.2 Å². The summed E-state index contributed by atoms with van der Waals surface area (Å²) in [6.45, 7) is 2.05. The van der Waals surface area contributed by atoms with E-state index >= 15 is 0 Å². The van der Waals surface area contributed by atoms with Gasteiger partial charge in [0.1, 0.15) is 0 Å². The van der Waals surface area contributed by atoms with Crippen LogP contribution in [0.1, 0.15) is 39.0 Å². The molecule has 13 heavy (non-hydrogen) atoms. The summed E-state index contributed by atoms with van der Waals surface area (Å²) in [4.78, 5) is 11.4. The van der Waals surface area contributed by atoms with Crippen molar-refractivity contribution in [1.82, 2.24) is 0 Å². The molecule has 0 aromatic carbocycles. The molecular weight excluding hydrogens is 164 g/mol. The quantitative estimate of drug-likeness (QED) is 0.495. The van der Waals surface area contributed by atoms with Crippen LogP contribution in [-0.2, 0) is 9.53 Å². The molecule has 0 unspecified atom stereocenters. The average molecular weight is 182 g/mol. The fourth-order valence-electron chi connectivity index (χ4n) is 1.99. The lowest BCUT2D eigenvalue weighted by Gasteiger charge is -2.11. The molecule has 2 heteroatoms. The van der Waals surface area contributed by atoms with Crippen LogP contribution in [0.5, 0.6) is 0 Å². The molecule has 0 aliphatic heterocycles. The molecule has 0 N–H and O–H groups in total. The van der Waals surface area contributed by atoms with Crippen LogP contribution in [0.2, 0.25) is 0 Å². The summed E-state index contributed by atoms with van der Waals surface area (Å²) in [5.41, 5.74) is 0.905. The van der Waals surface area contributed by atoms with Crippen molar-refractivity contribution in [2.45, 2.75) is 39.0 Å². The van der Waals surface area contributed by atoms with Crippen LogP contribution in [-0.4, -0.2) is 13.1 Å². The van der Waals surface area contributed by atoms with Crippen molar-refractivity contribution >= 4 is 5.97 Å². The van der Waals surface area contributed by atoms with Crippen molar-refractivity contribution in [2.75, 3.05) is 7.11 Å². The average Bonchev–Trinajstić information content (AvgIpc) is 2.65. The molecule has 0 heterocycles. The predicted molar refractivity (Wildman–Crippen MR) is 52.3 cm³/mol. The van der Waals surface area contributed by atoms with E-state index in [1.54, 1.807) is 0 Å². The maximum absolute atomic E-state index is 11.4.